The second kappa shape index (κ2) is 5.14. The van der Waals surface area contributed by atoms with Crippen LogP contribution in [-0.4, -0.2) is 11.7 Å². The first-order valence-electron chi connectivity index (χ1n) is 4.23. The van der Waals surface area contributed by atoms with Crippen molar-refractivity contribution >= 4 is 34.9 Å². The van der Waals surface area contributed by atoms with Crippen molar-refractivity contribution in [2.45, 2.75) is 13.5 Å². The molecular weight excluding hydrogens is 237 g/mol. The molecule has 1 amide bonds. The lowest BCUT2D eigenvalue weighted by atomic mass is 10.2. The number of amides is 1. The first-order valence-corrected chi connectivity index (χ1v) is 4.98. The first kappa shape index (κ1) is 12.0. The van der Waals surface area contributed by atoms with Crippen LogP contribution in [0.5, 0.6) is 0 Å². The van der Waals surface area contributed by atoms with E-state index in [1.807, 2.05) is 0 Å². The number of carbonyl (C=O) groups excluding carboxylic acids is 2. The molecule has 0 spiro atoms. The number of nitrogens with one attached hydrogen (secondary N) is 1. The minimum absolute atomic E-state index is 0.235. The summed E-state index contributed by atoms with van der Waals surface area (Å²) in [6.07, 6.45) is 0. The number of carbonyl (C=O) groups is 2. The van der Waals surface area contributed by atoms with Gasteiger partial charge in [0.1, 0.15) is 0 Å². The van der Waals surface area contributed by atoms with E-state index in [9.17, 15) is 9.59 Å². The Bertz CT molecular complexity index is 384. The molecule has 0 unspecified atom stereocenters. The van der Waals surface area contributed by atoms with Gasteiger partial charge in [-0.1, -0.05) is 23.2 Å². The van der Waals surface area contributed by atoms with Crippen LogP contribution in [0, 0.1) is 0 Å². The molecule has 1 N–H and O–H groups in total. The predicted octanol–water partition coefficient (Wildman–Crippen LogP) is 2.20. The van der Waals surface area contributed by atoms with Gasteiger partial charge in [0.2, 0.25) is 5.78 Å². The van der Waals surface area contributed by atoms with Gasteiger partial charge in [-0.2, -0.15) is 0 Å². The van der Waals surface area contributed by atoms with Gasteiger partial charge in [-0.05, 0) is 23.8 Å². The van der Waals surface area contributed by atoms with Gasteiger partial charge in [0, 0.05) is 23.5 Å². The van der Waals surface area contributed by atoms with Gasteiger partial charge in [0.15, 0.2) is 0 Å². The Hall–Kier alpha value is -1.06. The van der Waals surface area contributed by atoms with Crippen molar-refractivity contribution in [3.63, 3.8) is 0 Å². The zero-order valence-electron chi connectivity index (χ0n) is 8.01. The SMILES string of the molecule is CC(=O)C(=O)NCc1cc(Cl)cc(Cl)c1. The molecule has 0 fully saturated rings. The minimum atomic E-state index is -0.619. The normalized spacial score (nSPS) is 9.80. The summed E-state index contributed by atoms with van der Waals surface area (Å²) in [5.74, 6) is -1.14. The number of halogens is 2. The maximum absolute atomic E-state index is 11.0. The predicted molar refractivity (Wildman–Crippen MR) is 59.0 cm³/mol. The van der Waals surface area contributed by atoms with E-state index in [0.717, 1.165) is 5.56 Å². The molecule has 1 aromatic carbocycles. The van der Waals surface area contributed by atoms with Crippen LogP contribution < -0.4 is 5.32 Å². The van der Waals surface area contributed by atoms with Crippen molar-refractivity contribution in [2.24, 2.45) is 0 Å². The van der Waals surface area contributed by atoms with E-state index in [1.165, 1.54) is 6.92 Å². The third kappa shape index (κ3) is 3.90. The van der Waals surface area contributed by atoms with Crippen LogP contribution in [0.3, 0.4) is 0 Å². The Morgan fingerprint density at radius 3 is 2.20 bits per heavy atom. The maximum atomic E-state index is 11.0. The molecule has 0 aliphatic rings. The van der Waals surface area contributed by atoms with Crippen LogP contribution in [0.4, 0.5) is 0 Å². The van der Waals surface area contributed by atoms with E-state index in [4.69, 9.17) is 23.2 Å². The van der Waals surface area contributed by atoms with Gasteiger partial charge in [0.05, 0.1) is 0 Å². The molecule has 0 aliphatic carbocycles. The molecule has 0 radical (unpaired) electrons. The van der Waals surface area contributed by atoms with Gasteiger partial charge in [0.25, 0.3) is 5.91 Å². The molecule has 0 bridgehead atoms. The van der Waals surface area contributed by atoms with Crippen LogP contribution in [0.1, 0.15) is 12.5 Å². The van der Waals surface area contributed by atoms with Gasteiger partial charge in [-0.25, -0.2) is 0 Å². The molecular formula is C10H9Cl2NO2. The van der Waals surface area contributed by atoms with E-state index in [-0.39, 0.29) is 6.54 Å². The van der Waals surface area contributed by atoms with E-state index in [0.29, 0.717) is 10.0 Å². The van der Waals surface area contributed by atoms with Crippen molar-refractivity contribution in [3.05, 3.63) is 33.8 Å². The Morgan fingerprint density at radius 1 is 1.20 bits per heavy atom. The fourth-order valence-electron chi connectivity index (χ4n) is 1.02. The highest BCUT2D eigenvalue weighted by atomic mass is 35.5. The summed E-state index contributed by atoms with van der Waals surface area (Å²) in [5, 5.41) is 3.44. The van der Waals surface area contributed by atoms with E-state index in [1.54, 1.807) is 18.2 Å². The van der Waals surface area contributed by atoms with Crippen LogP contribution in [-0.2, 0) is 16.1 Å². The molecule has 1 rings (SSSR count). The highest BCUT2D eigenvalue weighted by Crippen LogP contribution is 2.18. The summed E-state index contributed by atoms with van der Waals surface area (Å²) in [6.45, 7) is 1.44. The van der Waals surface area contributed by atoms with Crippen LogP contribution in [0.15, 0.2) is 18.2 Å². The molecule has 0 saturated carbocycles. The second-order valence-corrected chi connectivity index (χ2v) is 3.89. The number of hydrogen-bond acceptors (Lipinski definition) is 2. The average molecular weight is 246 g/mol. The van der Waals surface area contributed by atoms with Crippen LogP contribution >= 0.6 is 23.2 Å². The topological polar surface area (TPSA) is 46.2 Å². The fourth-order valence-corrected chi connectivity index (χ4v) is 1.59. The molecule has 0 atom stereocenters. The largest absolute Gasteiger partial charge is 0.345 e. The third-order valence-corrected chi connectivity index (χ3v) is 2.13. The molecule has 1 aromatic rings. The number of rotatable bonds is 3. The quantitative estimate of drug-likeness (QED) is 0.831. The van der Waals surface area contributed by atoms with Gasteiger partial charge in [-0.3, -0.25) is 9.59 Å². The molecule has 0 saturated heterocycles. The van der Waals surface area contributed by atoms with E-state index < -0.39 is 11.7 Å². The average Bonchev–Trinajstić information content (AvgIpc) is 2.12. The number of Topliss-reactive ketones (excluding diaryl/α,β-unsaturated/α-hetero) is 1. The lowest BCUT2D eigenvalue weighted by molar-refractivity contribution is -0.136. The standard InChI is InChI=1S/C10H9Cl2NO2/c1-6(14)10(15)13-5-7-2-8(11)4-9(12)3-7/h2-4H,5H2,1H3,(H,13,15). The monoisotopic (exact) mass is 245 g/mol. The fraction of sp³-hybridized carbons (Fsp3) is 0.200. The summed E-state index contributed by atoms with van der Waals surface area (Å²) in [6, 6.07) is 4.95. The zero-order chi connectivity index (χ0) is 11.4. The summed E-state index contributed by atoms with van der Waals surface area (Å²) >= 11 is 11.5. The molecule has 0 aromatic heterocycles. The van der Waals surface area contributed by atoms with Crippen molar-refractivity contribution < 1.29 is 9.59 Å². The van der Waals surface area contributed by atoms with Gasteiger partial charge < -0.3 is 5.32 Å². The zero-order valence-corrected chi connectivity index (χ0v) is 9.52. The second-order valence-electron chi connectivity index (χ2n) is 3.02. The lowest BCUT2D eigenvalue weighted by Gasteiger charge is -2.04. The Labute approximate surface area is 97.4 Å². The van der Waals surface area contributed by atoms with Crippen molar-refractivity contribution in [1.29, 1.82) is 0 Å². The lowest BCUT2D eigenvalue weighted by Crippen LogP contribution is -2.28. The van der Waals surface area contributed by atoms with Gasteiger partial charge in [-0.15, -0.1) is 0 Å². The van der Waals surface area contributed by atoms with Crippen molar-refractivity contribution in [1.82, 2.24) is 5.32 Å². The highest BCUT2D eigenvalue weighted by Gasteiger charge is 2.06. The molecule has 15 heavy (non-hydrogen) atoms. The van der Waals surface area contributed by atoms with Crippen molar-refractivity contribution in [3.8, 4) is 0 Å². The molecule has 0 heterocycles. The Balaban J connectivity index is 2.65. The number of ketones is 1. The Morgan fingerprint density at radius 2 is 1.73 bits per heavy atom. The van der Waals surface area contributed by atoms with Crippen LogP contribution in [0.25, 0.3) is 0 Å². The molecule has 80 valence electrons. The summed E-state index contributed by atoms with van der Waals surface area (Å²) in [7, 11) is 0. The molecule has 5 heteroatoms. The van der Waals surface area contributed by atoms with Crippen LogP contribution in [0.2, 0.25) is 10.0 Å². The highest BCUT2D eigenvalue weighted by molar-refractivity contribution is 6.35. The maximum Gasteiger partial charge on any atom is 0.287 e. The summed E-state index contributed by atoms with van der Waals surface area (Å²) < 4.78 is 0. The first-order chi connectivity index (χ1) is 6.99. The number of hydrogen-bond donors (Lipinski definition) is 1. The molecule has 0 aliphatic heterocycles. The Kier molecular flexibility index (Phi) is 4.12. The van der Waals surface area contributed by atoms with E-state index >= 15 is 0 Å². The minimum Gasteiger partial charge on any atom is -0.345 e. The number of benzene rings is 1. The van der Waals surface area contributed by atoms with Gasteiger partial charge >= 0.3 is 0 Å². The summed E-state index contributed by atoms with van der Waals surface area (Å²) in [4.78, 5) is 21.6. The van der Waals surface area contributed by atoms with E-state index in [2.05, 4.69) is 5.32 Å². The third-order valence-electron chi connectivity index (χ3n) is 1.70. The van der Waals surface area contributed by atoms with Crippen molar-refractivity contribution in [2.75, 3.05) is 0 Å². The summed E-state index contributed by atoms with van der Waals surface area (Å²) in [5.41, 5.74) is 0.752. The molecule has 3 nitrogen and oxygen atoms in total. The smallest absolute Gasteiger partial charge is 0.287 e.